The summed E-state index contributed by atoms with van der Waals surface area (Å²) in [6.45, 7) is 0. The van der Waals surface area contributed by atoms with E-state index in [0.29, 0.717) is 11.7 Å². The van der Waals surface area contributed by atoms with E-state index in [1.165, 1.54) is 17.8 Å². The van der Waals surface area contributed by atoms with E-state index in [2.05, 4.69) is 31.9 Å². The van der Waals surface area contributed by atoms with Crippen LogP contribution < -0.4 is 0 Å². The number of rotatable bonds is 2. The summed E-state index contributed by atoms with van der Waals surface area (Å²) < 4.78 is 2.00. The average molecular weight is 324 g/mol. The third-order valence-corrected chi connectivity index (χ3v) is 5.63. The largest absolute Gasteiger partial charge is 0.293 e. The van der Waals surface area contributed by atoms with Gasteiger partial charge in [-0.3, -0.25) is 4.79 Å². The van der Waals surface area contributed by atoms with Gasteiger partial charge < -0.3 is 0 Å². The van der Waals surface area contributed by atoms with Crippen molar-refractivity contribution in [3.8, 4) is 0 Å². The molecule has 13 heavy (non-hydrogen) atoms. The number of carbonyl (C=O) groups is 1. The van der Waals surface area contributed by atoms with Gasteiger partial charge in [-0.15, -0.1) is 11.3 Å². The summed E-state index contributed by atoms with van der Waals surface area (Å²) in [5.41, 5.74) is 0. The first kappa shape index (κ1) is 9.87. The molecule has 0 aliphatic heterocycles. The van der Waals surface area contributed by atoms with E-state index in [0.717, 1.165) is 26.0 Å². The minimum absolute atomic E-state index is 0.303. The smallest absolute Gasteiger partial charge is 0.175 e. The van der Waals surface area contributed by atoms with E-state index in [4.69, 9.17) is 0 Å². The highest BCUT2D eigenvalue weighted by molar-refractivity contribution is 9.13. The van der Waals surface area contributed by atoms with Crippen molar-refractivity contribution in [2.75, 3.05) is 0 Å². The molecule has 1 saturated carbocycles. The van der Waals surface area contributed by atoms with Crippen LogP contribution >= 0.6 is 43.2 Å². The number of Topliss-reactive ketones (excluding diaryl/α,β-unsaturated/α-hetero) is 1. The number of halogens is 2. The van der Waals surface area contributed by atoms with Gasteiger partial charge >= 0.3 is 0 Å². The zero-order valence-electron chi connectivity index (χ0n) is 6.85. The highest BCUT2D eigenvalue weighted by Crippen LogP contribution is 2.37. The summed E-state index contributed by atoms with van der Waals surface area (Å²) >= 11 is 8.30. The molecule has 1 heterocycles. The first-order chi connectivity index (χ1) is 6.18. The summed E-state index contributed by atoms with van der Waals surface area (Å²) in [7, 11) is 0. The van der Waals surface area contributed by atoms with Crippen LogP contribution in [0.25, 0.3) is 0 Å². The van der Waals surface area contributed by atoms with Crippen LogP contribution in [0.1, 0.15) is 28.9 Å². The van der Waals surface area contributed by atoms with Gasteiger partial charge in [0.1, 0.15) is 0 Å². The van der Waals surface area contributed by atoms with E-state index in [9.17, 15) is 4.79 Å². The predicted octanol–water partition coefficient (Wildman–Crippen LogP) is 4.26. The maximum Gasteiger partial charge on any atom is 0.175 e. The molecule has 0 unspecified atom stereocenters. The lowest BCUT2D eigenvalue weighted by Gasteiger charge is -2.22. The molecule has 70 valence electrons. The fourth-order valence-corrected chi connectivity index (χ4v) is 3.39. The molecule has 0 atom stereocenters. The van der Waals surface area contributed by atoms with Gasteiger partial charge in [-0.25, -0.2) is 0 Å². The first-order valence-electron chi connectivity index (χ1n) is 4.17. The minimum Gasteiger partial charge on any atom is -0.293 e. The molecule has 1 aromatic heterocycles. The third kappa shape index (κ3) is 1.90. The standard InChI is InChI=1S/C9H8Br2OS/c10-6-4-7(13-9(6)11)8(12)5-2-1-3-5/h4-5H,1-3H2. The van der Waals surface area contributed by atoms with Crippen molar-refractivity contribution in [2.45, 2.75) is 19.3 Å². The predicted molar refractivity (Wildman–Crippen MR) is 61.4 cm³/mol. The van der Waals surface area contributed by atoms with E-state index >= 15 is 0 Å². The molecule has 1 fully saturated rings. The Balaban J connectivity index is 2.19. The highest BCUT2D eigenvalue weighted by atomic mass is 79.9. The van der Waals surface area contributed by atoms with E-state index < -0.39 is 0 Å². The molecule has 0 bridgehead atoms. The zero-order chi connectivity index (χ0) is 9.42. The maximum absolute atomic E-state index is 11.8. The quantitative estimate of drug-likeness (QED) is 0.743. The van der Waals surface area contributed by atoms with E-state index in [-0.39, 0.29) is 0 Å². The van der Waals surface area contributed by atoms with Crippen molar-refractivity contribution >= 4 is 49.0 Å². The van der Waals surface area contributed by atoms with Crippen molar-refractivity contribution in [1.82, 2.24) is 0 Å². The van der Waals surface area contributed by atoms with Crippen LogP contribution in [0, 0.1) is 5.92 Å². The van der Waals surface area contributed by atoms with Crippen LogP contribution in [0.4, 0.5) is 0 Å². The maximum atomic E-state index is 11.8. The molecule has 0 N–H and O–H groups in total. The topological polar surface area (TPSA) is 17.1 Å². The van der Waals surface area contributed by atoms with Gasteiger partial charge in [0, 0.05) is 10.4 Å². The lowest BCUT2D eigenvalue weighted by Crippen LogP contribution is -2.20. The van der Waals surface area contributed by atoms with Gasteiger partial charge in [0.05, 0.1) is 8.66 Å². The summed E-state index contributed by atoms with van der Waals surface area (Å²) in [6.07, 6.45) is 3.36. The molecule has 0 spiro atoms. The monoisotopic (exact) mass is 322 g/mol. The molecular weight excluding hydrogens is 316 g/mol. The zero-order valence-corrected chi connectivity index (χ0v) is 10.8. The van der Waals surface area contributed by atoms with Crippen molar-refractivity contribution < 1.29 is 4.79 Å². The van der Waals surface area contributed by atoms with Crippen LogP contribution in [0.3, 0.4) is 0 Å². The molecule has 0 aromatic carbocycles. The second-order valence-corrected chi connectivity index (χ2v) is 6.45. The van der Waals surface area contributed by atoms with Gasteiger partial charge in [-0.2, -0.15) is 0 Å². The number of hydrogen-bond acceptors (Lipinski definition) is 2. The van der Waals surface area contributed by atoms with Crippen molar-refractivity contribution in [3.05, 3.63) is 19.2 Å². The SMILES string of the molecule is O=C(c1cc(Br)c(Br)s1)C1CCC1. The second kappa shape index (κ2) is 3.83. The third-order valence-electron chi connectivity index (χ3n) is 2.36. The Hall–Kier alpha value is 0.330. The Kier molecular flexibility index (Phi) is 2.91. The molecule has 0 radical (unpaired) electrons. The number of hydrogen-bond donors (Lipinski definition) is 0. The van der Waals surface area contributed by atoms with Crippen LogP contribution in [0.2, 0.25) is 0 Å². The molecular formula is C9H8Br2OS. The van der Waals surface area contributed by atoms with Crippen LogP contribution in [0.15, 0.2) is 14.3 Å². The highest BCUT2D eigenvalue weighted by Gasteiger charge is 2.27. The molecule has 0 saturated heterocycles. The van der Waals surface area contributed by atoms with Gasteiger partial charge in [-0.05, 0) is 50.8 Å². The van der Waals surface area contributed by atoms with Gasteiger partial charge in [0.2, 0.25) is 0 Å². The Bertz CT molecular complexity index is 322. The fourth-order valence-electron chi connectivity index (χ4n) is 1.34. The lowest BCUT2D eigenvalue weighted by atomic mass is 9.82. The van der Waals surface area contributed by atoms with Gasteiger partial charge in [-0.1, -0.05) is 6.42 Å². The van der Waals surface area contributed by atoms with Crippen LogP contribution in [0.5, 0.6) is 0 Å². The second-order valence-electron chi connectivity index (χ2n) is 3.22. The van der Waals surface area contributed by atoms with Crippen LogP contribution in [-0.2, 0) is 0 Å². The Morgan fingerprint density at radius 3 is 2.54 bits per heavy atom. The fraction of sp³-hybridized carbons (Fsp3) is 0.444. The summed E-state index contributed by atoms with van der Waals surface area (Å²) in [4.78, 5) is 12.6. The van der Waals surface area contributed by atoms with E-state index in [1.54, 1.807) is 0 Å². The average Bonchev–Trinajstić information content (AvgIpc) is 2.28. The van der Waals surface area contributed by atoms with Crippen LogP contribution in [-0.4, -0.2) is 5.78 Å². The molecule has 0 amide bonds. The van der Waals surface area contributed by atoms with Crippen molar-refractivity contribution in [3.63, 3.8) is 0 Å². The Labute approximate surface area is 97.8 Å². The molecule has 1 aliphatic rings. The Morgan fingerprint density at radius 2 is 2.15 bits per heavy atom. The first-order valence-corrected chi connectivity index (χ1v) is 6.58. The summed E-state index contributed by atoms with van der Waals surface area (Å²) in [6, 6.07) is 1.91. The summed E-state index contributed by atoms with van der Waals surface area (Å²) in [5.74, 6) is 0.625. The molecule has 2 rings (SSSR count). The Morgan fingerprint density at radius 1 is 1.46 bits per heavy atom. The van der Waals surface area contributed by atoms with Gasteiger partial charge in [0.15, 0.2) is 5.78 Å². The summed E-state index contributed by atoms with van der Waals surface area (Å²) in [5, 5.41) is 0. The number of thiophene rings is 1. The lowest BCUT2D eigenvalue weighted by molar-refractivity contribution is 0.0859. The number of carbonyl (C=O) groups excluding carboxylic acids is 1. The molecule has 4 heteroatoms. The van der Waals surface area contributed by atoms with Gasteiger partial charge in [0.25, 0.3) is 0 Å². The minimum atomic E-state index is 0.303. The molecule has 1 nitrogen and oxygen atoms in total. The normalized spacial score (nSPS) is 17.1. The molecule has 1 aliphatic carbocycles. The van der Waals surface area contributed by atoms with Crippen molar-refractivity contribution in [2.24, 2.45) is 5.92 Å². The van der Waals surface area contributed by atoms with E-state index in [1.807, 2.05) is 6.07 Å². The number of ketones is 1. The molecule has 1 aromatic rings. The van der Waals surface area contributed by atoms with Crippen molar-refractivity contribution in [1.29, 1.82) is 0 Å².